The maximum Gasteiger partial charge on any atom is 0.251 e. The van der Waals surface area contributed by atoms with E-state index in [-0.39, 0.29) is 12.0 Å². The summed E-state index contributed by atoms with van der Waals surface area (Å²) in [6.07, 6.45) is 3.38. The van der Waals surface area contributed by atoms with Gasteiger partial charge in [0.1, 0.15) is 12.4 Å². The van der Waals surface area contributed by atoms with Gasteiger partial charge in [-0.15, -0.1) is 0 Å². The van der Waals surface area contributed by atoms with Crippen LogP contribution in [0.25, 0.3) is 11.5 Å². The van der Waals surface area contributed by atoms with Gasteiger partial charge < -0.3 is 14.1 Å². The Kier molecular flexibility index (Phi) is 5.27. The second-order valence-electron chi connectivity index (χ2n) is 7.57. The summed E-state index contributed by atoms with van der Waals surface area (Å²) in [6, 6.07) is 6.29. The monoisotopic (exact) mass is 369 g/mol. The fourth-order valence-electron chi connectivity index (χ4n) is 3.89. The summed E-state index contributed by atoms with van der Waals surface area (Å²) in [5, 5.41) is 0. The number of carbonyl (C=O) groups is 1. The molecule has 2 fully saturated rings. The standard InChI is InChI=1S/C21H27N3O3/c1-15-5-6-18(16(2)12-15)20-22-17(14-27-20)13-23-7-9-24(10-8-23)21(25)19-4-3-11-26-19/h5-6,12,14,19H,3-4,7-11,13H2,1-2H3. The van der Waals surface area contributed by atoms with Crippen LogP contribution in [0.2, 0.25) is 0 Å². The van der Waals surface area contributed by atoms with Crippen molar-refractivity contribution in [3.8, 4) is 11.5 Å². The molecule has 6 heteroatoms. The predicted octanol–water partition coefficient (Wildman–Crippen LogP) is 2.78. The largest absolute Gasteiger partial charge is 0.444 e. The first kappa shape index (κ1) is 18.2. The minimum Gasteiger partial charge on any atom is -0.444 e. The number of carbonyl (C=O) groups excluding carboxylic acids is 1. The lowest BCUT2D eigenvalue weighted by atomic mass is 10.1. The lowest BCUT2D eigenvalue weighted by Gasteiger charge is -2.35. The van der Waals surface area contributed by atoms with E-state index in [2.05, 4.69) is 41.9 Å². The van der Waals surface area contributed by atoms with Crippen molar-refractivity contribution in [3.05, 3.63) is 41.3 Å². The normalized spacial score (nSPS) is 21.0. The fraction of sp³-hybridized carbons (Fsp3) is 0.524. The van der Waals surface area contributed by atoms with Crippen molar-refractivity contribution in [2.45, 2.75) is 39.3 Å². The number of oxazole rings is 1. The number of aryl methyl sites for hydroxylation is 2. The van der Waals surface area contributed by atoms with Crippen LogP contribution in [0.4, 0.5) is 0 Å². The Morgan fingerprint density at radius 2 is 2.04 bits per heavy atom. The molecule has 1 aromatic heterocycles. The smallest absolute Gasteiger partial charge is 0.251 e. The average molecular weight is 369 g/mol. The maximum absolute atomic E-state index is 12.4. The number of rotatable bonds is 4. The third kappa shape index (κ3) is 4.06. The highest BCUT2D eigenvalue weighted by atomic mass is 16.5. The van der Waals surface area contributed by atoms with E-state index in [1.165, 1.54) is 11.1 Å². The summed E-state index contributed by atoms with van der Waals surface area (Å²) in [5.41, 5.74) is 4.38. The zero-order valence-electron chi connectivity index (χ0n) is 16.1. The van der Waals surface area contributed by atoms with E-state index in [1.807, 2.05) is 4.90 Å². The molecule has 2 aromatic rings. The number of ether oxygens (including phenoxy) is 1. The van der Waals surface area contributed by atoms with E-state index in [1.54, 1.807) is 6.26 Å². The van der Waals surface area contributed by atoms with Crippen molar-refractivity contribution in [2.24, 2.45) is 0 Å². The van der Waals surface area contributed by atoms with Crippen LogP contribution in [0.1, 0.15) is 29.7 Å². The first-order chi connectivity index (χ1) is 13.1. The summed E-state index contributed by atoms with van der Waals surface area (Å²) < 4.78 is 11.2. The maximum atomic E-state index is 12.4. The van der Waals surface area contributed by atoms with Crippen LogP contribution >= 0.6 is 0 Å². The number of hydrogen-bond donors (Lipinski definition) is 0. The SMILES string of the molecule is Cc1ccc(-c2nc(CN3CCN(C(=O)C4CCCO4)CC3)co2)c(C)c1. The lowest BCUT2D eigenvalue weighted by Crippen LogP contribution is -2.51. The number of aromatic nitrogens is 1. The highest BCUT2D eigenvalue weighted by molar-refractivity contribution is 5.81. The number of hydrogen-bond acceptors (Lipinski definition) is 5. The molecule has 6 nitrogen and oxygen atoms in total. The van der Waals surface area contributed by atoms with Gasteiger partial charge in [0.15, 0.2) is 0 Å². The molecular weight excluding hydrogens is 342 g/mol. The number of piperazine rings is 1. The third-order valence-electron chi connectivity index (χ3n) is 5.44. The molecule has 2 aliphatic heterocycles. The lowest BCUT2D eigenvalue weighted by molar-refractivity contribution is -0.142. The van der Waals surface area contributed by atoms with E-state index in [0.717, 1.165) is 56.8 Å². The summed E-state index contributed by atoms with van der Waals surface area (Å²) in [5.74, 6) is 0.834. The average Bonchev–Trinajstić information content (AvgIpc) is 3.34. The molecule has 0 spiro atoms. The zero-order valence-corrected chi connectivity index (χ0v) is 16.1. The van der Waals surface area contributed by atoms with Crippen LogP contribution in [-0.2, 0) is 16.1 Å². The topological polar surface area (TPSA) is 58.8 Å². The molecule has 0 bridgehead atoms. The molecular formula is C21H27N3O3. The van der Waals surface area contributed by atoms with Gasteiger partial charge in [-0.3, -0.25) is 9.69 Å². The first-order valence-corrected chi connectivity index (χ1v) is 9.75. The van der Waals surface area contributed by atoms with E-state index < -0.39 is 0 Å². The van der Waals surface area contributed by atoms with Crippen LogP contribution in [0, 0.1) is 13.8 Å². The first-order valence-electron chi connectivity index (χ1n) is 9.75. The van der Waals surface area contributed by atoms with E-state index in [0.29, 0.717) is 12.5 Å². The Morgan fingerprint density at radius 1 is 1.22 bits per heavy atom. The van der Waals surface area contributed by atoms with E-state index >= 15 is 0 Å². The molecule has 0 saturated carbocycles. The summed E-state index contributed by atoms with van der Waals surface area (Å²) >= 11 is 0. The number of amides is 1. The Morgan fingerprint density at radius 3 is 2.74 bits per heavy atom. The number of benzene rings is 1. The molecule has 144 valence electrons. The molecule has 0 aliphatic carbocycles. The summed E-state index contributed by atoms with van der Waals surface area (Å²) in [4.78, 5) is 21.4. The van der Waals surface area contributed by atoms with Gasteiger partial charge in [0.25, 0.3) is 5.91 Å². The Balaban J connectivity index is 1.33. The van der Waals surface area contributed by atoms with Crippen molar-refractivity contribution in [1.29, 1.82) is 0 Å². The van der Waals surface area contributed by atoms with Crippen molar-refractivity contribution < 1.29 is 13.9 Å². The minimum absolute atomic E-state index is 0.158. The molecule has 1 amide bonds. The van der Waals surface area contributed by atoms with Gasteiger partial charge in [0, 0.05) is 44.9 Å². The molecule has 27 heavy (non-hydrogen) atoms. The van der Waals surface area contributed by atoms with Crippen LogP contribution in [0.15, 0.2) is 28.9 Å². The summed E-state index contributed by atoms with van der Waals surface area (Å²) in [7, 11) is 0. The third-order valence-corrected chi connectivity index (χ3v) is 5.44. The Bertz CT molecular complexity index is 803. The Labute approximate surface area is 160 Å². The number of nitrogens with zero attached hydrogens (tertiary/aromatic N) is 3. The minimum atomic E-state index is -0.215. The molecule has 1 atom stereocenters. The van der Waals surface area contributed by atoms with Gasteiger partial charge in [0.05, 0.1) is 5.69 Å². The molecule has 0 radical (unpaired) electrons. The molecule has 1 unspecified atom stereocenters. The highest BCUT2D eigenvalue weighted by Crippen LogP contribution is 2.24. The van der Waals surface area contributed by atoms with Gasteiger partial charge in [-0.2, -0.15) is 0 Å². The fourth-order valence-corrected chi connectivity index (χ4v) is 3.89. The molecule has 1 aromatic carbocycles. The zero-order chi connectivity index (χ0) is 18.8. The van der Waals surface area contributed by atoms with Gasteiger partial charge in [-0.25, -0.2) is 4.98 Å². The second-order valence-corrected chi connectivity index (χ2v) is 7.57. The van der Waals surface area contributed by atoms with Gasteiger partial charge >= 0.3 is 0 Å². The van der Waals surface area contributed by atoms with Gasteiger partial charge in [-0.05, 0) is 38.3 Å². The van der Waals surface area contributed by atoms with E-state index in [4.69, 9.17) is 9.15 Å². The molecule has 4 rings (SSSR count). The van der Waals surface area contributed by atoms with E-state index in [9.17, 15) is 4.79 Å². The van der Waals surface area contributed by atoms with Crippen LogP contribution < -0.4 is 0 Å². The molecule has 0 N–H and O–H groups in total. The van der Waals surface area contributed by atoms with Crippen LogP contribution in [-0.4, -0.2) is 59.6 Å². The van der Waals surface area contributed by atoms with Crippen molar-refractivity contribution in [1.82, 2.24) is 14.8 Å². The van der Waals surface area contributed by atoms with Crippen molar-refractivity contribution in [2.75, 3.05) is 32.8 Å². The van der Waals surface area contributed by atoms with Crippen molar-refractivity contribution in [3.63, 3.8) is 0 Å². The van der Waals surface area contributed by atoms with Crippen molar-refractivity contribution >= 4 is 5.91 Å². The van der Waals surface area contributed by atoms with Gasteiger partial charge in [-0.1, -0.05) is 17.7 Å². The van der Waals surface area contributed by atoms with Crippen LogP contribution in [0.3, 0.4) is 0 Å². The van der Waals surface area contributed by atoms with Crippen LogP contribution in [0.5, 0.6) is 0 Å². The molecule has 2 aliphatic rings. The highest BCUT2D eigenvalue weighted by Gasteiger charge is 2.30. The second kappa shape index (κ2) is 7.82. The molecule has 2 saturated heterocycles. The quantitative estimate of drug-likeness (QED) is 0.829. The summed E-state index contributed by atoms with van der Waals surface area (Å²) in [6.45, 7) is 8.83. The predicted molar refractivity (Wildman–Crippen MR) is 102 cm³/mol. The molecule has 3 heterocycles. The Hall–Kier alpha value is -2.18. The van der Waals surface area contributed by atoms with Gasteiger partial charge in [0.2, 0.25) is 5.89 Å².